The summed E-state index contributed by atoms with van der Waals surface area (Å²) in [6, 6.07) is 0. The van der Waals surface area contributed by atoms with Crippen LogP contribution in [0.5, 0.6) is 0 Å². The third kappa shape index (κ3) is 6.95. The lowest BCUT2D eigenvalue weighted by Gasteiger charge is -1.91. The van der Waals surface area contributed by atoms with Gasteiger partial charge >= 0.3 is 0 Å². The molecule has 0 spiro atoms. The summed E-state index contributed by atoms with van der Waals surface area (Å²) in [7, 11) is 0. The fourth-order valence-corrected chi connectivity index (χ4v) is 0.245. The Morgan fingerprint density at radius 1 is 1.56 bits per heavy atom. The highest BCUT2D eigenvalue weighted by Gasteiger charge is 1.85. The van der Waals surface area contributed by atoms with Crippen LogP contribution in [0, 0.1) is 7.43 Å². The van der Waals surface area contributed by atoms with Gasteiger partial charge < -0.3 is 5.32 Å². The summed E-state index contributed by atoms with van der Waals surface area (Å²) in [6.07, 6.45) is 2.84. The van der Waals surface area contributed by atoms with E-state index in [0.29, 0.717) is 6.54 Å². The first-order valence-corrected chi connectivity index (χ1v) is 2.32. The Labute approximate surface area is 56.3 Å². The molecule has 9 heavy (non-hydrogen) atoms. The summed E-state index contributed by atoms with van der Waals surface area (Å²) in [6.45, 7) is 7.19. The van der Waals surface area contributed by atoms with Crippen molar-refractivity contribution < 1.29 is 4.79 Å². The van der Waals surface area contributed by atoms with Crippen LogP contribution in [0.1, 0.15) is 0 Å². The van der Waals surface area contributed by atoms with Crippen molar-refractivity contribution in [3.63, 3.8) is 0 Å². The molecule has 0 aliphatic rings. The van der Waals surface area contributed by atoms with Gasteiger partial charge in [-0.15, -0.1) is 6.58 Å². The van der Waals surface area contributed by atoms with Crippen LogP contribution in [0.15, 0.2) is 25.3 Å². The van der Waals surface area contributed by atoms with Gasteiger partial charge in [0.15, 0.2) is 0 Å². The summed E-state index contributed by atoms with van der Waals surface area (Å²) < 4.78 is 0. The topological polar surface area (TPSA) is 29.1 Å². The zero-order chi connectivity index (χ0) is 6.41. The van der Waals surface area contributed by atoms with E-state index in [2.05, 4.69) is 18.5 Å². The number of rotatable bonds is 3. The molecule has 0 aromatic heterocycles. The Bertz CT molecular complexity index is 107. The van der Waals surface area contributed by atoms with Gasteiger partial charge in [-0.05, 0) is 6.08 Å². The van der Waals surface area contributed by atoms with Gasteiger partial charge in [0.05, 0.1) is 0 Å². The van der Waals surface area contributed by atoms with Gasteiger partial charge in [-0.3, -0.25) is 4.79 Å². The Morgan fingerprint density at radius 3 is 2.44 bits per heavy atom. The van der Waals surface area contributed by atoms with Gasteiger partial charge in [0, 0.05) is 14.0 Å². The molecule has 1 N–H and O–H groups in total. The molecular weight excluding hydrogens is 114 g/mol. The summed E-state index contributed by atoms with van der Waals surface area (Å²) in [4.78, 5) is 10.3. The van der Waals surface area contributed by atoms with E-state index in [0.717, 1.165) is 0 Å². The zero-order valence-corrected chi connectivity index (χ0v) is 5.18. The van der Waals surface area contributed by atoms with Crippen molar-refractivity contribution in [1.29, 1.82) is 0 Å². The minimum atomic E-state index is -0.162. The van der Waals surface area contributed by atoms with E-state index in [1.54, 1.807) is 6.08 Å². The second-order valence-corrected chi connectivity index (χ2v) is 1.24. The van der Waals surface area contributed by atoms with Gasteiger partial charge in [-0.2, -0.15) is 0 Å². The van der Waals surface area contributed by atoms with Crippen molar-refractivity contribution in [2.24, 2.45) is 0 Å². The molecule has 0 aromatic rings. The van der Waals surface area contributed by atoms with Gasteiger partial charge in [-0.25, -0.2) is 0 Å². The van der Waals surface area contributed by atoms with Crippen molar-refractivity contribution in [1.82, 2.24) is 5.32 Å². The molecule has 0 aliphatic carbocycles. The third-order valence-electron chi connectivity index (χ3n) is 0.606. The monoisotopic (exact) mass is 123 g/mol. The van der Waals surface area contributed by atoms with E-state index < -0.39 is 0 Å². The lowest BCUT2D eigenvalue weighted by atomic mass is 10.5. The highest BCUT2D eigenvalue weighted by Crippen LogP contribution is 1.64. The molecule has 0 aromatic carbocycles. The summed E-state index contributed by atoms with van der Waals surface area (Å²) in [5, 5.41) is 2.51. The number of carbonyl (C=O) groups excluding carboxylic acids is 1. The average molecular weight is 123 g/mol. The quantitative estimate of drug-likeness (QED) is 0.431. The maximum Gasteiger partial charge on any atom is 0.243 e. The van der Waals surface area contributed by atoms with Crippen molar-refractivity contribution >= 4 is 5.91 Å². The maximum atomic E-state index is 10.3. The minimum Gasteiger partial charge on any atom is -0.349 e. The van der Waals surface area contributed by atoms with Crippen LogP contribution in [-0.4, -0.2) is 12.5 Å². The normalized spacial score (nSPS) is 6.67. The third-order valence-corrected chi connectivity index (χ3v) is 0.606. The second-order valence-electron chi connectivity index (χ2n) is 1.24. The molecule has 0 atom stereocenters. The highest BCUT2D eigenvalue weighted by molar-refractivity contribution is 5.86. The smallest absolute Gasteiger partial charge is 0.243 e. The maximum absolute atomic E-state index is 10.3. The molecule has 0 rings (SSSR count). The number of nitrogens with one attached hydrogen (secondary N) is 1. The molecule has 1 amide bonds. The van der Waals surface area contributed by atoms with E-state index >= 15 is 0 Å². The molecule has 2 nitrogen and oxygen atoms in total. The van der Waals surface area contributed by atoms with Crippen LogP contribution in [-0.2, 0) is 4.79 Å². The van der Waals surface area contributed by atoms with Gasteiger partial charge in [0.25, 0.3) is 0 Å². The van der Waals surface area contributed by atoms with Crippen molar-refractivity contribution in [2.75, 3.05) is 6.54 Å². The molecule has 0 unspecified atom stereocenters. The highest BCUT2D eigenvalue weighted by atomic mass is 16.1. The predicted octanol–water partition coefficient (Wildman–Crippen LogP) is 0.556. The first kappa shape index (κ1) is 10.8. The lowest BCUT2D eigenvalue weighted by Crippen LogP contribution is -2.19. The van der Waals surface area contributed by atoms with E-state index in [4.69, 9.17) is 0 Å². The van der Waals surface area contributed by atoms with Crippen LogP contribution >= 0.6 is 0 Å². The molecule has 0 heterocycles. The molecule has 0 saturated heterocycles. The van der Waals surface area contributed by atoms with E-state index in [9.17, 15) is 4.79 Å². The van der Waals surface area contributed by atoms with E-state index in [-0.39, 0.29) is 13.3 Å². The SMILES string of the molecule is C=CCNC(=O)C=C.[C]. The standard InChI is InChI=1S/C6H9NO.C/c1-3-5-7-6(8)4-2;/h3-4H,1-2,5H2,(H,7,8);. The first-order chi connectivity index (χ1) is 3.81. The molecule has 0 saturated carbocycles. The first-order valence-electron chi connectivity index (χ1n) is 2.32. The Kier molecular flexibility index (Phi) is 8.38. The number of hydrogen-bond donors (Lipinski definition) is 1. The van der Waals surface area contributed by atoms with Gasteiger partial charge in [0.1, 0.15) is 0 Å². The summed E-state index contributed by atoms with van der Waals surface area (Å²) in [5.41, 5.74) is 0. The molecule has 48 valence electrons. The zero-order valence-electron chi connectivity index (χ0n) is 5.18. The number of amides is 1. The Morgan fingerprint density at radius 2 is 2.11 bits per heavy atom. The van der Waals surface area contributed by atoms with Crippen molar-refractivity contribution in [3.05, 3.63) is 32.7 Å². The summed E-state index contributed by atoms with van der Waals surface area (Å²) >= 11 is 0. The van der Waals surface area contributed by atoms with Crippen LogP contribution < -0.4 is 5.32 Å². The largest absolute Gasteiger partial charge is 0.349 e. The van der Waals surface area contributed by atoms with Crippen LogP contribution in [0.2, 0.25) is 0 Å². The molecule has 0 aliphatic heterocycles. The van der Waals surface area contributed by atoms with Crippen LogP contribution in [0.3, 0.4) is 0 Å². The molecule has 0 bridgehead atoms. The van der Waals surface area contributed by atoms with Gasteiger partial charge in [-0.1, -0.05) is 12.7 Å². The van der Waals surface area contributed by atoms with Gasteiger partial charge in [0.2, 0.25) is 5.91 Å². The fraction of sp³-hybridized carbons (Fsp3) is 0.143. The molecule has 4 radical (unpaired) electrons. The lowest BCUT2D eigenvalue weighted by molar-refractivity contribution is -0.116. The Balaban J connectivity index is 0. The van der Waals surface area contributed by atoms with Crippen LogP contribution in [0.25, 0.3) is 0 Å². The predicted molar refractivity (Wildman–Crippen MR) is 36.6 cm³/mol. The number of hydrogen-bond acceptors (Lipinski definition) is 1. The number of carbonyl (C=O) groups is 1. The molecule has 2 heteroatoms. The molecule has 0 fully saturated rings. The van der Waals surface area contributed by atoms with Crippen molar-refractivity contribution in [3.8, 4) is 0 Å². The van der Waals surface area contributed by atoms with Crippen molar-refractivity contribution in [2.45, 2.75) is 0 Å². The molecular formula is C7H9NO. The second kappa shape index (κ2) is 6.95. The van der Waals surface area contributed by atoms with E-state index in [1.165, 1.54) is 6.08 Å². The van der Waals surface area contributed by atoms with E-state index in [1.807, 2.05) is 0 Å². The fourth-order valence-electron chi connectivity index (χ4n) is 0.245. The van der Waals surface area contributed by atoms with Crippen LogP contribution in [0.4, 0.5) is 0 Å². The minimum absolute atomic E-state index is 0. The Hall–Kier alpha value is -1.05. The summed E-state index contributed by atoms with van der Waals surface area (Å²) in [5.74, 6) is -0.162. The average Bonchev–Trinajstić information content (AvgIpc) is 1.83.